The Kier molecular flexibility index (Phi) is 3.99. The molecule has 0 spiro atoms. The number of carboxylic acid groups (broad SMARTS) is 1. The molecule has 0 amide bonds. The lowest BCUT2D eigenvalue weighted by molar-refractivity contribution is -0.198. The molecule has 1 aromatic carbocycles. The van der Waals surface area contributed by atoms with E-state index in [2.05, 4.69) is 4.74 Å². The van der Waals surface area contributed by atoms with Gasteiger partial charge in [0.15, 0.2) is 11.5 Å². The van der Waals surface area contributed by atoms with Crippen molar-refractivity contribution in [3.05, 3.63) is 23.8 Å². The average Bonchev–Trinajstić information content (AvgIpc) is 2.82. The molecule has 8 heteroatoms. The molecule has 1 saturated heterocycles. The minimum absolute atomic E-state index is 0.0752. The van der Waals surface area contributed by atoms with E-state index in [0.29, 0.717) is 0 Å². The standard InChI is InChI=1S/C14H16O8/c1-21-10-6-8(2-3-9(10)15)7-14(20,11(16)17)13(19)4-5-22-12(13)18/h2-3,6,15,19-20H,4-5,7H2,1H3,(H,16,17). The highest BCUT2D eigenvalue weighted by Crippen LogP contribution is 2.36. The third kappa shape index (κ3) is 2.36. The Hall–Kier alpha value is -2.32. The SMILES string of the molecule is COc1cc(CC(O)(C(=O)O)C2(O)CCOC2=O)ccc1O. The molecule has 8 nitrogen and oxygen atoms in total. The fourth-order valence-corrected chi connectivity index (χ4v) is 2.41. The van der Waals surface area contributed by atoms with Gasteiger partial charge in [-0.3, -0.25) is 0 Å². The van der Waals surface area contributed by atoms with Gasteiger partial charge in [0.1, 0.15) is 0 Å². The van der Waals surface area contributed by atoms with Gasteiger partial charge in [-0.2, -0.15) is 0 Å². The lowest BCUT2D eigenvalue weighted by Crippen LogP contribution is -2.63. The van der Waals surface area contributed by atoms with Crippen molar-refractivity contribution in [1.82, 2.24) is 0 Å². The van der Waals surface area contributed by atoms with E-state index >= 15 is 0 Å². The number of methoxy groups -OCH3 is 1. The third-order valence-electron chi connectivity index (χ3n) is 3.78. The lowest BCUT2D eigenvalue weighted by atomic mass is 9.77. The Morgan fingerprint density at radius 1 is 1.50 bits per heavy atom. The number of benzene rings is 1. The molecule has 1 aliphatic rings. The first-order valence-electron chi connectivity index (χ1n) is 6.46. The van der Waals surface area contributed by atoms with Gasteiger partial charge >= 0.3 is 11.9 Å². The largest absolute Gasteiger partial charge is 0.504 e. The topological polar surface area (TPSA) is 134 Å². The molecule has 0 aromatic heterocycles. The number of carbonyl (C=O) groups excluding carboxylic acids is 1. The second-order valence-corrected chi connectivity index (χ2v) is 5.09. The second kappa shape index (κ2) is 5.47. The van der Waals surface area contributed by atoms with Crippen LogP contribution in [0.3, 0.4) is 0 Å². The monoisotopic (exact) mass is 312 g/mol. The zero-order valence-electron chi connectivity index (χ0n) is 11.8. The maximum Gasteiger partial charge on any atom is 0.342 e. The average molecular weight is 312 g/mol. The summed E-state index contributed by atoms with van der Waals surface area (Å²) < 4.78 is 9.49. The van der Waals surface area contributed by atoms with Crippen molar-refractivity contribution >= 4 is 11.9 Å². The number of carbonyl (C=O) groups is 2. The summed E-state index contributed by atoms with van der Waals surface area (Å²) in [6.45, 7) is -0.177. The minimum atomic E-state index is -2.76. The van der Waals surface area contributed by atoms with Crippen LogP contribution in [0.25, 0.3) is 0 Å². The van der Waals surface area contributed by atoms with Crippen LogP contribution in [0.4, 0.5) is 0 Å². The van der Waals surface area contributed by atoms with Crippen LogP contribution in [0.2, 0.25) is 0 Å². The van der Waals surface area contributed by atoms with Gasteiger partial charge in [0.05, 0.1) is 13.7 Å². The maximum absolute atomic E-state index is 11.7. The van der Waals surface area contributed by atoms with Gasteiger partial charge < -0.3 is 29.9 Å². The number of rotatable bonds is 5. The first-order valence-corrected chi connectivity index (χ1v) is 6.46. The van der Waals surface area contributed by atoms with E-state index < -0.39 is 29.6 Å². The first-order chi connectivity index (χ1) is 10.2. The summed E-state index contributed by atoms with van der Waals surface area (Å²) in [5.41, 5.74) is -5.04. The number of phenolic OH excluding ortho intramolecular Hbond substituents is 1. The van der Waals surface area contributed by atoms with E-state index in [0.717, 1.165) is 0 Å². The third-order valence-corrected chi connectivity index (χ3v) is 3.78. The van der Waals surface area contributed by atoms with Crippen LogP contribution in [0.1, 0.15) is 12.0 Å². The van der Waals surface area contributed by atoms with Crippen LogP contribution in [0.5, 0.6) is 11.5 Å². The van der Waals surface area contributed by atoms with E-state index in [1.165, 1.54) is 25.3 Å². The number of phenols is 1. The molecule has 4 N–H and O–H groups in total. The number of carboxylic acids is 1. The van der Waals surface area contributed by atoms with Crippen LogP contribution < -0.4 is 4.74 Å². The number of hydrogen-bond donors (Lipinski definition) is 4. The molecule has 2 unspecified atom stereocenters. The summed E-state index contributed by atoms with van der Waals surface area (Å²) in [5, 5.41) is 39.6. The molecule has 1 fully saturated rings. The van der Waals surface area contributed by atoms with Crippen LogP contribution in [-0.2, 0) is 20.7 Å². The molecule has 22 heavy (non-hydrogen) atoms. The summed E-state index contributed by atoms with van der Waals surface area (Å²) in [4.78, 5) is 23.1. The van der Waals surface area contributed by atoms with E-state index in [-0.39, 0.29) is 30.1 Å². The van der Waals surface area contributed by atoms with E-state index in [4.69, 9.17) is 4.74 Å². The molecular weight excluding hydrogens is 296 g/mol. The fraction of sp³-hybridized carbons (Fsp3) is 0.429. The number of aromatic hydroxyl groups is 1. The van der Waals surface area contributed by atoms with Gasteiger partial charge in [-0.25, -0.2) is 9.59 Å². The molecule has 120 valence electrons. The van der Waals surface area contributed by atoms with Crippen molar-refractivity contribution in [2.24, 2.45) is 0 Å². The number of ether oxygens (including phenoxy) is 2. The maximum atomic E-state index is 11.7. The molecule has 0 radical (unpaired) electrons. The highest BCUT2D eigenvalue weighted by atomic mass is 16.6. The molecule has 2 atom stereocenters. The Morgan fingerprint density at radius 2 is 2.18 bits per heavy atom. The number of hydrogen-bond acceptors (Lipinski definition) is 7. The molecule has 1 heterocycles. The highest BCUT2D eigenvalue weighted by molar-refractivity contribution is 5.93. The van der Waals surface area contributed by atoms with Gasteiger partial charge in [0.2, 0.25) is 11.2 Å². The van der Waals surface area contributed by atoms with Crippen molar-refractivity contribution in [1.29, 1.82) is 0 Å². The Bertz CT molecular complexity index is 613. The lowest BCUT2D eigenvalue weighted by Gasteiger charge is -2.34. The Labute approximate surface area is 125 Å². The van der Waals surface area contributed by atoms with E-state index in [1.807, 2.05) is 0 Å². The van der Waals surface area contributed by atoms with Gasteiger partial charge in [-0.15, -0.1) is 0 Å². The van der Waals surface area contributed by atoms with Crippen molar-refractivity contribution in [2.45, 2.75) is 24.0 Å². The van der Waals surface area contributed by atoms with Crippen molar-refractivity contribution in [3.8, 4) is 11.5 Å². The smallest absolute Gasteiger partial charge is 0.342 e. The molecule has 0 bridgehead atoms. The van der Waals surface area contributed by atoms with Gasteiger partial charge in [0.25, 0.3) is 0 Å². The van der Waals surface area contributed by atoms with Crippen LogP contribution in [-0.4, -0.2) is 57.3 Å². The summed E-state index contributed by atoms with van der Waals surface area (Å²) in [5.74, 6) is -3.01. The van der Waals surface area contributed by atoms with Crippen LogP contribution >= 0.6 is 0 Å². The van der Waals surface area contributed by atoms with Gasteiger partial charge in [0, 0.05) is 12.8 Å². The van der Waals surface area contributed by atoms with Gasteiger partial charge in [-0.05, 0) is 17.7 Å². The molecule has 0 saturated carbocycles. The molecule has 1 aromatic rings. The predicted molar refractivity (Wildman–Crippen MR) is 71.5 cm³/mol. The molecule has 0 aliphatic carbocycles. The van der Waals surface area contributed by atoms with Gasteiger partial charge in [-0.1, -0.05) is 6.07 Å². The molecule has 1 aliphatic heterocycles. The summed E-state index contributed by atoms with van der Waals surface area (Å²) in [7, 11) is 1.31. The molecular formula is C14H16O8. The fourth-order valence-electron chi connectivity index (χ4n) is 2.41. The normalized spacial score (nSPS) is 23.7. The Balaban J connectivity index is 2.41. The number of aliphatic carboxylic acids is 1. The van der Waals surface area contributed by atoms with Crippen LogP contribution in [0.15, 0.2) is 18.2 Å². The van der Waals surface area contributed by atoms with Crippen LogP contribution in [0, 0.1) is 0 Å². The zero-order valence-corrected chi connectivity index (χ0v) is 11.8. The first kappa shape index (κ1) is 16.1. The number of cyclic esters (lactones) is 1. The Morgan fingerprint density at radius 3 is 2.68 bits per heavy atom. The summed E-state index contributed by atoms with van der Waals surface area (Å²) in [6, 6.07) is 3.93. The summed E-state index contributed by atoms with van der Waals surface area (Å²) >= 11 is 0. The molecule has 2 rings (SSSR count). The highest BCUT2D eigenvalue weighted by Gasteiger charge is 2.63. The zero-order chi connectivity index (χ0) is 16.5. The van der Waals surface area contributed by atoms with E-state index in [1.54, 1.807) is 0 Å². The second-order valence-electron chi connectivity index (χ2n) is 5.09. The van der Waals surface area contributed by atoms with Crippen molar-refractivity contribution < 1.29 is 39.5 Å². The van der Waals surface area contributed by atoms with Crippen molar-refractivity contribution in [2.75, 3.05) is 13.7 Å². The van der Waals surface area contributed by atoms with Crippen molar-refractivity contribution in [3.63, 3.8) is 0 Å². The summed E-state index contributed by atoms with van der Waals surface area (Å²) in [6.07, 6.45) is -0.894. The number of aliphatic hydroxyl groups is 2. The minimum Gasteiger partial charge on any atom is -0.504 e. The predicted octanol–water partition coefficient (Wildman–Crippen LogP) is -0.563. The quantitative estimate of drug-likeness (QED) is 0.532. The van der Waals surface area contributed by atoms with E-state index in [9.17, 15) is 30.0 Å². The number of esters is 1.